The average Bonchev–Trinajstić information content (AvgIpc) is 2.15. The second-order valence-electron chi connectivity index (χ2n) is 3.51. The Labute approximate surface area is 98.1 Å². The quantitative estimate of drug-likeness (QED) is 0.919. The summed E-state index contributed by atoms with van der Waals surface area (Å²) in [5.74, 6) is 1.58. The van der Waals surface area contributed by atoms with E-state index in [1.54, 1.807) is 20.3 Å². The van der Waals surface area contributed by atoms with E-state index in [2.05, 4.69) is 15.9 Å². The highest BCUT2D eigenvalue weighted by molar-refractivity contribution is 9.10. The summed E-state index contributed by atoms with van der Waals surface area (Å²) in [4.78, 5) is 0. The van der Waals surface area contributed by atoms with Crippen molar-refractivity contribution in [3.8, 4) is 17.2 Å². The number of ether oxygens (including phenoxy) is 2. The number of halogens is 1. The fourth-order valence-corrected chi connectivity index (χ4v) is 2.12. The van der Waals surface area contributed by atoms with E-state index in [0.717, 1.165) is 5.56 Å². The van der Waals surface area contributed by atoms with E-state index < -0.39 is 0 Å². The zero-order valence-corrected chi connectivity index (χ0v) is 10.9. The van der Waals surface area contributed by atoms with Crippen LogP contribution in [0.25, 0.3) is 0 Å². The normalized spacial score (nSPS) is 10.5. The summed E-state index contributed by atoms with van der Waals surface area (Å²) in [6.45, 7) is 3.98. The first-order valence-electron chi connectivity index (χ1n) is 4.66. The lowest BCUT2D eigenvalue weighted by Crippen LogP contribution is -1.99. The van der Waals surface area contributed by atoms with E-state index in [1.165, 1.54) is 0 Å². The highest BCUT2D eigenvalue weighted by atomic mass is 79.9. The van der Waals surface area contributed by atoms with Crippen LogP contribution in [0.15, 0.2) is 10.5 Å². The van der Waals surface area contributed by atoms with Gasteiger partial charge in [0.2, 0.25) is 0 Å². The minimum atomic E-state index is 0.168. The first-order valence-corrected chi connectivity index (χ1v) is 5.45. The summed E-state index contributed by atoms with van der Waals surface area (Å²) in [5, 5.41) is 9.83. The Morgan fingerprint density at radius 1 is 1.20 bits per heavy atom. The molecule has 1 aromatic carbocycles. The Bertz CT molecular complexity index is 361. The van der Waals surface area contributed by atoms with Gasteiger partial charge in [-0.25, -0.2) is 0 Å². The molecule has 0 bridgehead atoms. The Morgan fingerprint density at radius 3 is 2.13 bits per heavy atom. The van der Waals surface area contributed by atoms with Gasteiger partial charge in [0.1, 0.15) is 5.75 Å². The van der Waals surface area contributed by atoms with Gasteiger partial charge in [0.15, 0.2) is 11.5 Å². The molecule has 0 aliphatic heterocycles. The molecule has 0 amide bonds. The molecule has 0 heterocycles. The Balaban J connectivity index is 3.49. The molecule has 0 saturated carbocycles. The first-order chi connectivity index (χ1) is 7.02. The molecule has 0 saturated heterocycles. The van der Waals surface area contributed by atoms with Crippen LogP contribution < -0.4 is 9.47 Å². The summed E-state index contributed by atoms with van der Waals surface area (Å²) < 4.78 is 11.2. The summed E-state index contributed by atoms with van der Waals surface area (Å²) in [6, 6.07) is 1.62. The first kappa shape index (κ1) is 12.2. The topological polar surface area (TPSA) is 38.7 Å². The number of methoxy groups -OCH3 is 2. The van der Waals surface area contributed by atoms with E-state index in [1.807, 2.05) is 13.8 Å². The predicted octanol–water partition coefficient (Wildman–Crippen LogP) is 3.30. The predicted molar refractivity (Wildman–Crippen MR) is 63.0 cm³/mol. The van der Waals surface area contributed by atoms with Crippen LogP contribution in [-0.2, 0) is 0 Å². The highest BCUT2D eigenvalue weighted by Gasteiger charge is 2.20. The van der Waals surface area contributed by atoms with Gasteiger partial charge in [0.25, 0.3) is 0 Å². The van der Waals surface area contributed by atoms with Crippen molar-refractivity contribution in [3.05, 3.63) is 16.1 Å². The van der Waals surface area contributed by atoms with Crippen molar-refractivity contribution in [1.29, 1.82) is 0 Å². The number of benzene rings is 1. The van der Waals surface area contributed by atoms with Gasteiger partial charge >= 0.3 is 0 Å². The number of rotatable bonds is 3. The summed E-state index contributed by atoms with van der Waals surface area (Å²) in [6.07, 6.45) is 0. The Morgan fingerprint density at radius 2 is 1.73 bits per heavy atom. The van der Waals surface area contributed by atoms with Gasteiger partial charge < -0.3 is 14.6 Å². The van der Waals surface area contributed by atoms with E-state index in [9.17, 15) is 5.11 Å². The maximum absolute atomic E-state index is 9.83. The third kappa shape index (κ3) is 2.20. The van der Waals surface area contributed by atoms with Gasteiger partial charge in [-0.05, 0) is 27.9 Å². The van der Waals surface area contributed by atoms with E-state index >= 15 is 0 Å². The van der Waals surface area contributed by atoms with Crippen molar-refractivity contribution in [2.75, 3.05) is 14.2 Å². The van der Waals surface area contributed by atoms with Gasteiger partial charge in [-0.15, -0.1) is 0 Å². The van der Waals surface area contributed by atoms with E-state index in [0.29, 0.717) is 16.0 Å². The van der Waals surface area contributed by atoms with Crippen LogP contribution in [0.4, 0.5) is 0 Å². The minimum Gasteiger partial charge on any atom is -0.507 e. The summed E-state index contributed by atoms with van der Waals surface area (Å²) in [5.41, 5.74) is 0.762. The lowest BCUT2D eigenvalue weighted by atomic mass is 10.0. The van der Waals surface area contributed by atoms with Gasteiger partial charge in [-0.1, -0.05) is 13.8 Å². The van der Waals surface area contributed by atoms with Crippen LogP contribution in [0.2, 0.25) is 0 Å². The van der Waals surface area contributed by atoms with E-state index in [-0.39, 0.29) is 11.7 Å². The number of hydrogen-bond acceptors (Lipinski definition) is 3. The number of hydrogen-bond donors (Lipinski definition) is 1. The van der Waals surface area contributed by atoms with Gasteiger partial charge in [0, 0.05) is 5.56 Å². The SMILES string of the molecule is COc1c(Br)cc(O)c(C(C)C)c1OC. The molecule has 0 radical (unpaired) electrons. The number of aromatic hydroxyl groups is 1. The smallest absolute Gasteiger partial charge is 0.175 e. The minimum absolute atomic E-state index is 0.168. The second-order valence-corrected chi connectivity index (χ2v) is 4.37. The molecule has 84 valence electrons. The maximum Gasteiger partial charge on any atom is 0.175 e. The summed E-state index contributed by atoms with van der Waals surface area (Å²) >= 11 is 3.32. The van der Waals surface area contributed by atoms with Crippen LogP contribution in [0.1, 0.15) is 25.3 Å². The third-order valence-corrected chi connectivity index (χ3v) is 2.78. The van der Waals surface area contributed by atoms with Crippen LogP contribution in [0.5, 0.6) is 17.2 Å². The third-order valence-electron chi connectivity index (χ3n) is 2.19. The van der Waals surface area contributed by atoms with Gasteiger partial charge in [0.05, 0.1) is 18.7 Å². The molecule has 0 aliphatic carbocycles. The molecule has 0 spiro atoms. The fraction of sp³-hybridized carbons (Fsp3) is 0.455. The lowest BCUT2D eigenvalue weighted by molar-refractivity contribution is 0.343. The Hall–Kier alpha value is -0.900. The monoisotopic (exact) mass is 274 g/mol. The number of phenolic OH excluding ortho intramolecular Hbond substituents is 1. The molecule has 1 N–H and O–H groups in total. The van der Waals surface area contributed by atoms with Crippen molar-refractivity contribution in [3.63, 3.8) is 0 Å². The molecule has 1 rings (SSSR count). The Kier molecular flexibility index (Phi) is 3.85. The largest absolute Gasteiger partial charge is 0.507 e. The van der Waals surface area contributed by atoms with Gasteiger partial charge in [-0.2, -0.15) is 0 Å². The van der Waals surface area contributed by atoms with Crippen LogP contribution >= 0.6 is 15.9 Å². The molecule has 15 heavy (non-hydrogen) atoms. The zero-order chi connectivity index (χ0) is 11.6. The maximum atomic E-state index is 9.83. The van der Waals surface area contributed by atoms with E-state index in [4.69, 9.17) is 9.47 Å². The second kappa shape index (κ2) is 4.75. The van der Waals surface area contributed by atoms with Crippen LogP contribution in [0.3, 0.4) is 0 Å². The molecular weight excluding hydrogens is 260 g/mol. The molecule has 0 atom stereocenters. The molecular formula is C11H15BrO3. The summed E-state index contributed by atoms with van der Waals surface area (Å²) in [7, 11) is 3.14. The fourth-order valence-electron chi connectivity index (χ4n) is 1.56. The molecule has 3 nitrogen and oxygen atoms in total. The molecule has 4 heteroatoms. The van der Waals surface area contributed by atoms with Crippen LogP contribution in [0, 0.1) is 0 Å². The molecule has 0 unspecified atom stereocenters. The lowest BCUT2D eigenvalue weighted by Gasteiger charge is -2.17. The molecule has 0 aliphatic rings. The number of phenols is 1. The standard InChI is InChI=1S/C11H15BrO3/c1-6(2)9-8(13)5-7(12)10(14-3)11(9)15-4/h5-6,13H,1-4H3. The van der Waals surface area contributed by atoms with Crippen molar-refractivity contribution < 1.29 is 14.6 Å². The molecule has 0 aromatic heterocycles. The van der Waals surface area contributed by atoms with Crippen LogP contribution in [-0.4, -0.2) is 19.3 Å². The molecule has 1 aromatic rings. The van der Waals surface area contributed by atoms with Crippen molar-refractivity contribution in [2.45, 2.75) is 19.8 Å². The van der Waals surface area contributed by atoms with Crippen molar-refractivity contribution in [1.82, 2.24) is 0 Å². The van der Waals surface area contributed by atoms with Crippen molar-refractivity contribution in [2.24, 2.45) is 0 Å². The highest BCUT2D eigenvalue weighted by Crippen LogP contribution is 2.45. The van der Waals surface area contributed by atoms with Gasteiger partial charge in [-0.3, -0.25) is 0 Å². The van der Waals surface area contributed by atoms with Crippen molar-refractivity contribution >= 4 is 15.9 Å². The average molecular weight is 275 g/mol. The zero-order valence-electron chi connectivity index (χ0n) is 9.30. The molecule has 0 fully saturated rings.